The lowest BCUT2D eigenvalue weighted by Crippen LogP contribution is -2.55. The van der Waals surface area contributed by atoms with Gasteiger partial charge in [0.25, 0.3) is 5.91 Å². The normalized spacial score (nSPS) is 19.0. The van der Waals surface area contributed by atoms with E-state index in [2.05, 4.69) is 5.32 Å². The second-order valence-corrected chi connectivity index (χ2v) is 4.31. The van der Waals surface area contributed by atoms with Crippen LogP contribution in [-0.4, -0.2) is 43.0 Å². The van der Waals surface area contributed by atoms with Crippen molar-refractivity contribution in [2.45, 2.75) is 13.0 Å². The lowest BCUT2D eigenvalue weighted by molar-refractivity contribution is -0.127. The summed E-state index contributed by atoms with van der Waals surface area (Å²) < 4.78 is 18.4. The molecular formula is C13H15FN2O3. The molecule has 0 spiro atoms. The molecule has 1 atom stereocenters. The Morgan fingerprint density at radius 3 is 2.89 bits per heavy atom. The van der Waals surface area contributed by atoms with Crippen LogP contribution in [-0.2, 0) is 4.79 Å². The third kappa shape index (κ3) is 2.52. The van der Waals surface area contributed by atoms with Crippen molar-refractivity contribution in [3.8, 4) is 5.75 Å². The van der Waals surface area contributed by atoms with Gasteiger partial charge in [0.2, 0.25) is 5.91 Å². The fourth-order valence-corrected chi connectivity index (χ4v) is 2.03. The van der Waals surface area contributed by atoms with Crippen molar-refractivity contribution in [1.82, 2.24) is 10.2 Å². The fraction of sp³-hybridized carbons (Fsp3) is 0.385. The molecule has 0 aliphatic carbocycles. The number of hydrogen-bond acceptors (Lipinski definition) is 3. The highest BCUT2D eigenvalue weighted by atomic mass is 19.1. The molecule has 1 unspecified atom stereocenters. The summed E-state index contributed by atoms with van der Waals surface area (Å²) in [7, 11) is 1.36. The van der Waals surface area contributed by atoms with Gasteiger partial charge in [0, 0.05) is 18.7 Å². The highest BCUT2D eigenvalue weighted by molar-refractivity contribution is 5.98. The van der Waals surface area contributed by atoms with Gasteiger partial charge >= 0.3 is 0 Å². The Balaban J connectivity index is 2.24. The van der Waals surface area contributed by atoms with Gasteiger partial charge in [-0.2, -0.15) is 0 Å². The monoisotopic (exact) mass is 266 g/mol. The zero-order valence-electron chi connectivity index (χ0n) is 10.8. The quantitative estimate of drug-likeness (QED) is 0.861. The van der Waals surface area contributed by atoms with Crippen molar-refractivity contribution in [2.75, 3.05) is 20.2 Å². The lowest BCUT2D eigenvalue weighted by atomic mass is 10.1. The van der Waals surface area contributed by atoms with Crippen LogP contribution in [0.4, 0.5) is 4.39 Å². The van der Waals surface area contributed by atoms with Gasteiger partial charge in [0.15, 0.2) is 11.6 Å². The van der Waals surface area contributed by atoms with Crippen LogP contribution >= 0.6 is 0 Å². The van der Waals surface area contributed by atoms with Gasteiger partial charge in [-0.05, 0) is 25.1 Å². The molecule has 6 heteroatoms. The second-order valence-electron chi connectivity index (χ2n) is 4.31. The smallest absolute Gasteiger partial charge is 0.254 e. The largest absolute Gasteiger partial charge is 0.494 e. The average Bonchev–Trinajstić information content (AvgIpc) is 2.41. The number of nitrogens with one attached hydrogen (secondary N) is 1. The molecule has 1 N–H and O–H groups in total. The number of carbonyl (C=O) groups excluding carboxylic acids is 2. The van der Waals surface area contributed by atoms with Gasteiger partial charge in [-0.15, -0.1) is 0 Å². The minimum atomic E-state index is -0.595. The number of benzene rings is 1. The first kappa shape index (κ1) is 13.3. The van der Waals surface area contributed by atoms with Crippen LogP contribution in [0.1, 0.15) is 17.3 Å². The van der Waals surface area contributed by atoms with E-state index < -0.39 is 11.9 Å². The second kappa shape index (κ2) is 5.26. The molecule has 0 bridgehead atoms. The van der Waals surface area contributed by atoms with E-state index in [0.29, 0.717) is 13.1 Å². The predicted octanol–water partition coefficient (Wildman–Crippen LogP) is 0.795. The topological polar surface area (TPSA) is 58.6 Å². The zero-order valence-corrected chi connectivity index (χ0v) is 10.8. The number of rotatable bonds is 2. The van der Waals surface area contributed by atoms with E-state index >= 15 is 0 Å². The average molecular weight is 266 g/mol. The number of carbonyl (C=O) groups is 2. The van der Waals surface area contributed by atoms with Crippen molar-refractivity contribution < 1.29 is 18.7 Å². The number of hydrogen-bond donors (Lipinski definition) is 1. The molecule has 2 rings (SSSR count). The van der Waals surface area contributed by atoms with Crippen LogP contribution in [0.15, 0.2) is 18.2 Å². The highest BCUT2D eigenvalue weighted by Crippen LogP contribution is 2.19. The first-order valence-electron chi connectivity index (χ1n) is 5.97. The van der Waals surface area contributed by atoms with Crippen molar-refractivity contribution in [3.63, 3.8) is 0 Å². The molecule has 0 aromatic heterocycles. The molecule has 1 heterocycles. The molecule has 1 aliphatic heterocycles. The summed E-state index contributed by atoms with van der Waals surface area (Å²) in [4.78, 5) is 25.2. The maximum absolute atomic E-state index is 13.6. The van der Waals surface area contributed by atoms with E-state index in [4.69, 9.17) is 4.74 Å². The van der Waals surface area contributed by atoms with E-state index in [1.807, 2.05) is 0 Å². The highest BCUT2D eigenvalue weighted by Gasteiger charge is 2.30. The van der Waals surface area contributed by atoms with E-state index in [-0.39, 0.29) is 23.1 Å². The standard InChI is InChI=1S/C13H15FN2O3/c1-8-12(17)15-5-6-16(8)13(18)9-3-4-11(19-2)10(14)7-9/h3-4,7-8H,5-6H2,1-2H3,(H,15,17). The van der Waals surface area contributed by atoms with E-state index in [1.54, 1.807) is 6.92 Å². The SMILES string of the molecule is COc1ccc(C(=O)N2CCNC(=O)C2C)cc1F. The van der Waals surface area contributed by atoms with Crippen LogP contribution in [0.5, 0.6) is 5.75 Å². The van der Waals surface area contributed by atoms with E-state index in [9.17, 15) is 14.0 Å². The minimum absolute atomic E-state index is 0.0842. The lowest BCUT2D eigenvalue weighted by Gasteiger charge is -2.32. The molecular weight excluding hydrogens is 251 g/mol. The molecule has 2 amide bonds. The molecule has 0 saturated carbocycles. The van der Waals surface area contributed by atoms with Crippen LogP contribution in [0.2, 0.25) is 0 Å². The summed E-state index contributed by atoms with van der Waals surface area (Å²) in [5.41, 5.74) is 0.208. The van der Waals surface area contributed by atoms with Gasteiger partial charge in [0.1, 0.15) is 6.04 Å². The number of halogens is 1. The molecule has 1 aromatic carbocycles. The number of methoxy groups -OCH3 is 1. The number of nitrogens with zero attached hydrogens (tertiary/aromatic N) is 1. The Kier molecular flexibility index (Phi) is 3.69. The Hall–Kier alpha value is -2.11. The van der Waals surface area contributed by atoms with Crippen molar-refractivity contribution in [1.29, 1.82) is 0 Å². The van der Waals surface area contributed by atoms with Crippen molar-refractivity contribution in [3.05, 3.63) is 29.6 Å². The predicted molar refractivity (Wildman–Crippen MR) is 66.5 cm³/mol. The molecule has 1 aromatic rings. The maximum atomic E-state index is 13.6. The van der Waals surface area contributed by atoms with Crippen LogP contribution in [0.25, 0.3) is 0 Å². The summed E-state index contributed by atoms with van der Waals surface area (Å²) in [6.07, 6.45) is 0. The third-order valence-corrected chi connectivity index (χ3v) is 3.16. The van der Waals surface area contributed by atoms with Gasteiger partial charge in [-0.1, -0.05) is 0 Å². The van der Waals surface area contributed by atoms with Crippen LogP contribution < -0.4 is 10.1 Å². The van der Waals surface area contributed by atoms with Gasteiger partial charge < -0.3 is 15.0 Å². The van der Waals surface area contributed by atoms with Gasteiger partial charge in [-0.25, -0.2) is 4.39 Å². The Labute approximate surface area is 110 Å². The zero-order chi connectivity index (χ0) is 14.0. The molecule has 0 radical (unpaired) electrons. The molecule has 1 fully saturated rings. The van der Waals surface area contributed by atoms with Crippen LogP contribution in [0.3, 0.4) is 0 Å². The summed E-state index contributed by atoms with van der Waals surface area (Å²) in [5, 5.41) is 2.67. The first-order chi connectivity index (χ1) is 9.04. The number of ether oxygens (including phenoxy) is 1. The summed E-state index contributed by atoms with van der Waals surface area (Å²) >= 11 is 0. The number of piperazine rings is 1. The molecule has 5 nitrogen and oxygen atoms in total. The maximum Gasteiger partial charge on any atom is 0.254 e. The molecule has 1 aliphatic rings. The summed E-state index contributed by atoms with van der Waals surface area (Å²) in [6.45, 7) is 2.47. The summed E-state index contributed by atoms with van der Waals surface area (Å²) in [6, 6.07) is 3.47. The van der Waals surface area contributed by atoms with Crippen LogP contribution in [0, 0.1) is 5.82 Å². The van der Waals surface area contributed by atoms with E-state index in [0.717, 1.165) is 6.07 Å². The number of amides is 2. The molecule has 102 valence electrons. The third-order valence-electron chi connectivity index (χ3n) is 3.16. The molecule has 1 saturated heterocycles. The first-order valence-corrected chi connectivity index (χ1v) is 5.97. The Morgan fingerprint density at radius 2 is 2.26 bits per heavy atom. The fourth-order valence-electron chi connectivity index (χ4n) is 2.03. The van der Waals surface area contributed by atoms with Crippen molar-refractivity contribution in [2.24, 2.45) is 0 Å². The van der Waals surface area contributed by atoms with Gasteiger partial charge in [0.05, 0.1) is 7.11 Å². The van der Waals surface area contributed by atoms with Crippen molar-refractivity contribution >= 4 is 11.8 Å². The van der Waals surface area contributed by atoms with Gasteiger partial charge in [-0.3, -0.25) is 9.59 Å². The summed E-state index contributed by atoms with van der Waals surface area (Å²) in [5.74, 6) is -1.07. The Bertz CT molecular complexity index is 519. The Morgan fingerprint density at radius 1 is 1.53 bits per heavy atom. The molecule has 19 heavy (non-hydrogen) atoms. The van der Waals surface area contributed by atoms with E-state index in [1.165, 1.54) is 24.1 Å². The minimum Gasteiger partial charge on any atom is -0.494 e.